The van der Waals surface area contributed by atoms with E-state index in [1.165, 1.54) is 6.08 Å². The Kier molecular flexibility index (Phi) is 8.99. The molecule has 0 unspecified atom stereocenters. The topological polar surface area (TPSA) is 113 Å². The van der Waals surface area contributed by atoms with E-state index in [1.54, 1.807) is 67.9 Å². The monoisotopic (exact) mass is 595 g/mol. The van der Waals surface area contributed by atoms with Gasteiger partial charge in [-0.05, 0) is 74.8 Å². The number of carbonyl (C=O) groups is 2. The van der Waals surface area contributed by atoms with Gasteiger partial charge in [-0.2, -0.15) is 4.98 Å². The Morgan fingerprint density at radius 2 is 1.81 bits per heavy atom. The van der Waals surface area contributed by atoms with Crippen LogP contribution in [0.1, 0.15) is 10.4 Å². The Morgan fingerprint density at radius 3 is 2.63 bits per heavy atom. The number of rotatable bonds is 10. The molecule has 0 fully saturated rings. The number of nitrogens with one attached hydrogen (secondary N) is 3. The molecule has 43 heavy (non-hydrogen) atoms. The zero-order valence-electron chi connectivity index (χ0n) is 23.8. The molecule has 0 saturated carbocycles. The Balaban J connectivity index is 1.29. The minimum Gasteiger partial charge on any atom is -0.496 e. The van der Waals surface area contributed by atoms with Crippen LogP contribution in [0, 0.1) is 0 Å². The first-order chi connectivity index (χ1) is 20.8. The van der Waals surface area contributed by atoms with E-state index in [1.807, 2.05) is 54.0 Å². The highest BCUT2D eigenvalue weighted by molar-refractivity contribution is 6.33. The van der Waals surface area contributed by atoms with E-state index in [0.717, 1.165) is 16.7 Å². The van der Waals surface area contributed by atoms with Gasteiger partial charge >= 0.3 is 0 Å². The van der Waals surface area contributed by atoms with Gasteiger partial charge in [0.05, 0.1) is 23.3 Å². The molecule has 218 valence electrons. The fraction of sp³-hybridized carbons (Fsp3) is 0.125. The van der Waals surface area contributed by atoms with Gasteiger partial charge in [-0.25, -0.2) is 4.98 Å². The molecule has 2 heterocycles. The third-order valence-corrected chi connectivity index (χ3v) is 6.73. The van der Waals surface area contributed by atoms with Gasteiger partial charge in [0.25, 0.3) is 5.91 Å². The third kappa shape index (κ3) is 7.18. The first kappa shape index (κ1) is 29.3. The van der Waals surface area contributed by atoms with Gasteiger partial charge in [-0.1, -0.05) is 29.8 Å². The second kappa shape index (κ2) is 13.2. The Bertz CT molecular complexity index is 1820. The van der Waals surface area contributed by atoms with Crippen LogP contribution in [0.2, 0.25) is 5.02 Å². The second-order valence-electron chi connectivity index (χ2n) is 9.83. The molecule has 10 nitrogen and oxygen atoms in total. The van der Waals surface area contributed by atoms with Crippen molar-refractivity contribution in [2.75, 3.05) is 43.7 Å². The number of anilines is 4. The maximum absolute atomic E-state index is 13.0. The molecular formula is C32H30ClN7O3. The van der Waals surface area contributed by atoms with Crippen molar-refractivity contribution in [2.24, 2.45) is 0 Å². The molecule has 3 N–H and O–H groups in total. The van der Waals surface area contributed by atoms with Crippen molar-refractivity contribution in [3.8, 4) is 11.6 Å². The Labute approximate surface area is 254 Å². The van der Waals surface area contributed by atoms with E-state index >= 15 is 0 Å². The summed E-state index contributed by atoms with van der Waals surface area (Å²) in [6.07, 6.45) is 6.80. The van der Waals surface area contributed by atoms with Crippen LogP contribution in [0.3, 0.4) is 0 Å². The number of methoxy groups -OCH3 is 1. The smallest absolute Gasteiger partial charge is 0.255 e. The first-order valence-electron chi connectivity index (χ1n) is 13.4. The summed E-state index contributed by atoms with van der Waals surface area (Å²) >= 11 is 6.47. The lowest BCUT2D eigenvalue weighted by Gasteiger charge is -2.12. The van der Waals surface area contributed by atoms with Crippen LogP contribution in [0.4, 0.5) is 23.0 Å². The number of aromatic nitrogens is 3. The maximum Gasteiger partial charge on any atom is 0.255 e. The number of nitrogens with zero attached hydrogens (tertiary/aromatic N) is 4. The van der Waals surface area contributed by atoms with Crippen molar-refractivity contribution < 1.29 is 14.3 Å². The van der Waals surface area contributed by atoms with Gasteiger partial charge < -0.3 is 30.2 Å². The van der Waals surface area contributed by atoms with E-state index in [4.69, 9.17) is 16.3 Å². The quantitative estimate of drug-likeness (QED) is 0.166. The minimum absolute atomic E-state index is 0.274. The number of likely N-dealkylation sites (N-methyl/N-ethyl adjacent to an activating group) is 1. The van der Waals surface area contributed by atoms with Crippen molar-refractivity contribution in [1.82, 2.24) is 19.4 Å². The summed E-state index contributed by atoms with van der Waals surface area (Å²) in [5.74, 6) is 1.14. The van der Waals surface area contributed by atoms with E-state index in [9.17, 15) is 9.59 Å². The van der Waals surface area contributed by atoms with E-state index in [-0.39, 0.29) is 11.8 Å². The normalized spacial score (nSPS) is 11.2. The molecule has 3 aromatic carbocycles. The molecule has 2 aromatic heterocycles. The van der Waals surface area contributed by atoms with Gasteiger partial charge in [-0.3, -0.25) is 9.59 Å². The predicted molar refractivity (Wildman–Crippen MR) is 171 cm³/mol. The molecule has 5 aromatic rings. The van der Waals surface area contributed by atoms with Crippen LogP contribution in [-0.4, -0.2) is 59.0 Å². The van der Waals surface area contributed by atoms with Crippen LogP contribution in [0.5, 0.6) is 5.75 Å². The van der Waals surface area contributed by atoms with Crippen LogP contribution in [0.15, 0.2) is 97.3 Å². The van der Waals surface area contributed by atoms with Gasteiger partial charge in [0, 0.05) is 47.3 Å². The average Bonchev–Trinajstić information content (AvgIpc) is 3.43. The number of amides is 2. The summed E-state index contributed by atoms with van der Waals surface area (Å²) in [5, 5.41) is 10.2. The zero-order valence-corrected chi connectivity index (χ0v) is 24.6. The van der Waals surface area contributed by atoms with Crippen LogP contribution in [0.25, 0.3) is 16.7 Å². The summed E-state index contributed by atoms with van der Waals surface area (Å²) < 4.78 is 7.42. The largest absolute Gasteiger partial charge is 0.496 e. The Hall–Kier alpha value is -5.19. The van der Waals surface area contributed by atoms with Crippen molar-refractivity contribution >= 4 is 57.3 Å². The van der Waals surface area contributed by atoms with Crippen molar-refractivity contribution in [3.05, 3.63) is 108 Å². The molecule has 0 aliphatic heterocycles. The molecule has 0 radical (unpaired) electrons. The maximum atomic E-state index is 13.0. The molecule has 0 atom stereocenters. The van der Waals surface area contributed by atoms with Gasteiger partial charge in [0.2, 0.25) is 11.9 Å². The highest BCUT2D eigenvalue weighted by Crippen LogP contribution is 2.30. The first-order valence-corrected chi connectivity index (χ1v) is 13.8. The van der Waals surface area contributed by atoms with E-state index < -0.39 is 0 Å². The number of carbonyl (C=O) groups excluding carboxylic acids is 2. The van der Waals surface area contributed by atoms with Crippen molar-refractivity contribution in [2.45, 2.75) is 0 Å². The second-order valence-corrected chi connectivity index (χ2v) is 10.2. The van der Waals surface area contributed by atoms with Gasteiger partial charge in [-0.15, -0.1) is 0 Å². The number of hydrogen-bond donors (Lipinski definition) is 3. The molecular weight excluding hydrogens is 566 g/mol. The molecule has 0 spiro atoms. The van der Waals surface area contributed by atoms with Crippen LogP contribution < -0.4 is 20.7 Å². The number of benzene rings is 3. The van der Waals surface area contributed by atoms with Crippen LogP contribution in [-0.2, 0) is 4.79 Å². The highest BCUT2D eigenvalue weighted by Gasteiger charge is 2.12. The molecule has 0 aliphatic rings. The molecule has 2 amide bonds. The van der Waals surface area contributed by atoms with Crippen molar-refractivity contribution in [3.63, 3.8) is 0 Å². The average molecular weight is 596 g/mol. The lowest BCUT2D eigenvalue weighted by atomic mass is 10.1. The van der Waals surface area contributed by atoms with Crippen molar-refractivity contribution in [1.29, 1.82) is 0 Å². The molecule has 5 rings (SSSR count). The number of halogens is 1. The predicted octanol–water partition coefficient (Wildman–Crippen LogP) is 6.13. The SMILES string of the molecule is COc1cccc2c1ccn2-c1ccnc(Nc2cc(NC(=O)c3cccc(NC(=O)C=CCN(C)C)c3)ccc2Cl)n1. The summed E-state index contributed by atoms with van der Waals surface area (Å²) in [7, 11) is 5.47. The Morgan fingerprint density at radius 1 is 1.00 bits per heavy atom. The van der Waals surface area contributed by atoms with E-state index in [0.29, 0.717) is 46.0 Å². The van der Waals surface area contributed by atoms with E-state index in [2.05, 4.69) is 25.9 Å². The summed E-state index contributed by atoms with van der Waals surface area (Å²) in [6.45, 7) is 0.644. The highest BCUT2D eigenvalue weighted by atomic mass is 35.5. The lowest BCUT2D eigenvalue weighted by molar-refractivity contribution is -0.111. The number of hydrogen-bond acceptors (Lipinski definition) is 7. The third-order valence-electron chi connectivity index (χ3n) is 6.40. The lowest BCUT2D eigenvalue weighted by Crippen LogP contribution is -2.14. The summed E-state index contributed by atoms with van der Waals surface area (Å²) in [5.41, 5.74) is 2.86. The molecule has 0 bridgehead atoms. The van der Waals surface area contributed by atoms with Gasteiger partial charge in [0.1, 0.15) is 11.6 Å². The minimum atomic E-state index is -0.347. The van der Waals surface area contributed by atoms with Crippen LogP contribution >= 0.6 is 11.6 Å². The van der Waals surface area contributed by atoms with Gasteiger partial charge in [0.15, 0.2) is 0 Å². The fourth-order valence-corrected chi connectivity index (χ4v) is 4.54. The molecule has 11 heteroatoms. The number of ether oxygens (including phenoxy) is 1. The standard InChI is InChI=1S/C32H30ClN7O3/c1-39(2)17-6-11-30(41)35-22-8-4-7-21(19-22)31(42)36-23-12-13-25(33)26(20-23)37-32-34-16-14-29(38-32)40-18-15-24-27(40)9-5-10-28(24)43-3/h4-16,18-20H,17H2,1-3H3,(H,35,41)(H,36,42)(H,34,37,38). The summed E-state index contributed by atoms with van der Waals surface area (Å²) in [6, 6.07) is 21.4. The zero-order chi connectivity index (χ0) is 30.3. The fourth-order valence-electron chi connectivity index (χ4n) is 4.38. The summed E-state index contributed by atoms with van der Waals surface area (Å²) in [4.78, 5) is 36.2. The number of fused-ring (bicyclic) bond motifs is 1. The molecule has 0 saturated heterocycles. The molecule has 0 aliphatic carbocycles.